The standard InChI is InChI=1S/C15H32O4S.Li/c1-2-3-4-5-6-7-8-9-10-11-12-13-14-15-19-20(16,17)18;/h2-15H2,1H3,(H,16,17,18);/q;+1/p-1. The summed E-state index contributed by atoms with van der Waals surface area (Å²) in [6.45, 7) is 2.27. The SMILES string of the molecule is CCCCCCCCCCCCCCCOS(=O)(=O)[O-].[Li+]. The van der Waals surface area contributed by atoms with E-state index in [1.165, 1.54) is 64.2 Å². The van der Waals surface area contributed by atoms with Crippen LogP contribution in [0.4, 0.5) is 0 Å². The topological polar surface area (TPSA) is 66.4 Å². The fraction of sp³-hybridized carbons (Fsp3) is 1.00. The van der Waals surface area contributed by atoms with Crippen LogP contribution in [-0.2, 0) is 14.6 Å². The van der Waals surface area contributed by atoms with E-state index in [2.05, 4.69) is 11.1 Å². The van der Waals surface area contributed by atoms with E-state index in [0.29, 0.717) is 6.42 Å². The first kappa shape index (κ1) is 23.7. The van der Waals surface area contributed by atoms with Crippen molar-refractivity contribution in [3.05, 3.63) is 0 Å². The van der Waals surface area contributed by atoms with Crippen molar-refractivity contribution in [2.24, 2.45) is 0 Å². The predicted octanol–water partition coefficient (Wildman–Crippen LogP) is 1.56. The van der Waals surface area contributed by atoms with Crippen molar-refractivity contribution in [1.82, 2.24) is 0 Å². The van der Waals surface area contributed by atoms with Crippen molar-refractivity contribution >= 4 is 10.4 Å². The van der Waals surface area contributed by atoms with Crippen LogP contribution < -0.4 is 18.9 Å². The quantitative estimate of drug-likeness (QED) is 0.199. The summed E-state index contributed by atoms with van der Waals surface area (Å²) in [7, 11) is -4.49. The molecule has 0 radical (unpaired) electrons. The molecule has 0 aromatic carbocycles. The molecule has 0 saturated heterocycles. The molecule has 0 aliphatic carbocycles. The van der Waals surface area contributed by atoms with Gasteiger partial charge in [0.2, 0.25) is 10.4 Å². The summed E-state index contributed by atoms with van der Waals surface area (Å²) in [5.41, 5.74) is 0. The Kier molecular flexibility index (Phi) is 19.0. The maximum absolute atomic E-state index is 10.2. The molecule has 21 heavy (non-hydrogen) atoms. The molecule has 0 amide bonds. The first-order chi connectivity index (χ1) is 9.56. The zero-order valence-corrected chi connectivity index (χ0v) is 14.8. The van der Waals surface area contributed by atoms with Gasteiger partial charge in [0.15, 0.2) is 0 Å². The van der Waals surface area contributed by atoms with Crippen molar-refractivity contribution < 1.29 is 36.0 Å². The largest absolute Gasteiger partial charge is 1.00 e. The van der Waals surface area contributed by atoms with Crippen molar-refractivity contribution in [2.75, 3.05) is 6.61 Å². The molecule has 6 heteroatoms. The summed E-state index contributed by atoms with van der Waals surface area (Å²) in [5.74, 6) is 0. The Morgan fingerprint density at radius 2 is 1.05 bits per heavy atom. The van der Waals surface area contributed by atoms with Crippen molar-refractivity contribution in [3.63, 3.8) is 0 Å². The van der Waals surface area contributed by atoms with Crippen LogP contribution in [-0.4, -0.2) is 19.6 Å². The molecule has 0 bridgehead atoms. The zero-order chi connectivity index (χ0) is 15.1. The maximum atomic E-state index is 10.2. The molecule has 0 rings (SSSR count). The van der Waals surface area contributed by atoms with Gasteiger partial charge in [-0.3, -0.25) is 4.18 Å². The molecule has 122 valence electrons. The number of rotatable bonds is 15. The molecule has 0 fully saturated rings. The summed E-state index contributed by atoms with van der Waals surface area (Å²) < 4.78 is 34.7. The first-order valence-corrected chi connectivity index (χ1v) is 9.50. The van der Waals surface area contributed by atoms with Gasteiger partial charge < -0.3 is 4.55 Å². The van der Waals surface area contributed by atoms with Gasteiger partial charge in [-0.1, -0.05) is 84.0 Å². The Balaban J connectivity index is 0. The molecule has 0 heterocycles. The molecule has 0 saturated carbocycles. The minimum atomic E-state index is -4.49. The third-order valence-corrected chi connectivity index (χ3v) is 3.93. The van der Waals surface area contributed by atoms with E-state index in [1.54, 1.807) is 0 Å². The molecule has 0 N–H and O–H groups in total. The molecule has 4 nitrogen and oxygen atoms in total. The second-order valence-corrected chi connectivity index (χ2v) is 6.53. The average Bonchev–Trinajstić information content (AvgIpc) is 2.38. The van der Waals surface area contributed by atoms with Crippen LogP contribution in [0.15, 0.2) is 0 Å². The van der Waals surface area contributed by atoms with E-state index in [0.717, 1.165) is 12.8 Å². The van der Waals surface area contributed by atoms with Crippen LogP contribution in [0.25, 0.3) is 0 Å². The van der Waals surface area contributed by atoms with Crippen molar-refractivity contribution in [1.29, 1.82) is 0 Å². The molecule has 0 aliphatic heterocycles. The van der Waals surface area contributed by atoms with Crippen LogP contribution in [0.3, 0.4) is 0 Å². The summed E-state index contributed by atoms with van der Waals surface area (Å²) >= 11 is 0. The van der Waals surface area contributed by atoms with Gasteiger partial charge in [0.1, 0.15) is 0 Å². The van der Waals surface area contributed by atoms with Gasteiger partial charge in [-0.2, -0.15) is 0 Å². The van der Waals surface area contributed by atoms with Gasteiger partial charge >= 0.3 is 18.9 Å². The molecule has 0 atom stereocenters. The Hall–Kier alpha value is 0.467. The fourth-order valence-electron chi connectivity index (χ4n) is 2.28. The van der Waals surface area contributed by atoms with Crippen LogP contribution in [0.5, 0.6) is 0 Å². The van der Waals surface area contributed by atoms with Crippen LogP contribution in [0.2, 0.25) is 0 Å². The van der Waals surface area contributed by atoms with Gasteiger partial charge in [-0.15, -0.1) is 0 Å². The summed E-state index contributed by atoms with van der Waals surface area (Å²) in [6, 6.07) is 0. The third-order valence-electron chi connectivity index (χ3n) is 3.48. The van der Waals surface area contributed by atoms with E-state index in [9.17, 15) is 13.0 Å². The molecule has 0 aromatic heterocycles. The first-order valence-electron chi connectivity index (χ1n) is 8.16. The Bertz CT molecular complexity index is 294. The Labute approximate surface area is 143 Å². The zero-order valence-electron chi connectivity index (χ0n) is 13.9. The summed E-state index contributed by atoms with van der Waals surface area (Å²) in [5, 5.41) is 0. The molecule has 0 aromatic rings. The van der Waals surface area contributed by atoms with Gasteiger partial charge in [0, 0.05) is 0 Å². The summed E-state index contributed by atoms with van der Waals surface area (Å²) in [6.07, 6.45) is 16.0. The van der Waals surface area contributed by atoms with Crippen LogP contribution >= 0.6 is 0 Å². The average molecular weight is 314 g/mol. The molecule has 0 unspecified atom stereocenters. The van der Waals surface area contributed by atoms with Crippen LogP contribution in [0.1, 0.15) is 90.4 Å². The second kappa shape index (κ2) is 16.8. The van der Waals surface area contributed by atoms with Gasteiger partial charge in [-0.25, -0.2) is 8.42 Å². The third kappa shape index (κ3) is 22.9. The van der Waals surface area contributed by atoms with Gasteiger partial charge in [-0.05, 0) is 6.42 Å². The number of hydrogen-bond donors (Lipinski definition) is 0. The minimum absolute atomic E-state index is 0. The number of hydrogen-bond acceptors (Lipinski definition) is 4. The minimum Gasteiger partial charge on any atom is -0.726 e. The van der Waals surface area contributed by atoms with Gasteiger partial charge in [0.05, 0.1) is 6.61 Å². The fourth-order valence-corrected chi connectivity index (χ4v) is 2.60. The van der Waals surface area contributed by atoms with Crippen molar-refractivity contribution in [2.45, 2.75) is 90.4 Å². The molecule has 0 aliphatic rings. The second-order valence-electron chi connectivity index (χ2n) is 5.47. The Morgan fingerprint density at radius 1 is 0.714 bits per heavy atom. The van der Waals surface area contributed by atoms with Crippen molar-refractivity contribution in [3.8, 4) is 0 Å². The molecular weight excluding hydrogens is 283 g/mol. The van der Waals surface area contributed by atoms with Gasteiger partial charge in [0.25, 0.3) is 0 Å². The normalized spacial score (nSPS) is 11.3. The Morgan fingerprint density at radius 3 is 1.38 bits per heavy atom. The smallest absolute Gasteiger partial charge is 0.726 e. The van der Waals surface area contributed by atoms with Crippen LogP contribution in [0, 0.1) is 0 Å². The van der Waals surface area contributed by atoms with E-state index >= 15 is 0 Å². The maximum Gasteiger partial charge on any atom is 1.00 e. The summed E-state index contributed by atoms with van der Waals surface area (Å²) in [4.78, 5) is 0. The molecule has 0 spiro atoms. The van der Waals surface area contributed by atoms with E-state index in [-0.39, 0.29) is 25.5 Å². The predicted molar refractivity (Wildman–Crippen MR) is 81.3 cm³/mol. The monoisotopic (exact) mass is 314 g/mol. The number of unbranched alkanes of at least 4 members (excludes halogenated alkanes) is 12. The van der Waals surface area contributed by atoms with E-state index in [1.807, 2.05) is 0 Å². The van der Waals surface area contributed by atoms with E-state index < -0.39 is 10.4 Å². The molecular formula is C15H31LiO4S. The van der Waals surface area contributed by atoms with E-state index in [4.69, 9.17) is 0 Å².